The molecule has 272 valence electrons. The first-order valence-corrected chi connectivity index (χ1v) is 18.4. The number of carbonyl (C=O) groups excluding carboxylic acids is 4. The lowest BCUT2D eigenvalue weighted by Gasteiger charge is -2.29. The summed E-state index contributed by atoms with van der Waals surface area (Å²) >= 11 is 6.04. The van der Waals surface area contributed by atoms with Gasteiger partial charge in [0.2, 0.25) is 17.7 Å². The normalized spacial score (nSPS) is 24.2. The molecule has 11 nitrogen and oxygen atoms in total. The maximum absolute atomic E-state index is 14.9. The van der Waals surface area contributed by atoms with Crippen LogP contribution < -0.4 is 10.6 Å². The summed E-state index contributed by atoms with van der Waals surface area (Å²) in [6, 6.07) is 6.72. The zero-order valence-corrected chi connectivity index (χ0v) is 30.6. The number of nitrogens with zero attached hydrogens (tertiary/aromatic N) is 5. The lowest BCUT2D eigenvalue weighted by molar-refractivity contribution is -0.141. The van der Waals surface area contributed by atoms with E-state index in [0.717, 1.165) is 42.4 Å². The monoisotopic (exact) mass is 727 g/mol. The predicted molar refractivity (Wildman–Crippen MR) is 194 cm³/mol. The highest BCUT2D eigenvalue weighted by atomic mass is 35.5. The van der Waals surface area contributed by atoms with Crippen molar-refractivity contribution in [1.82, 2.24) is 35.3 Å². The van der Waals surface area contributed by atoms with Crippen LogP contribution in [0.25, 0.3) is 22.0 Å². The molecule has 3 aliphatic rings. The van der Waals surface area contributed by atoms with Crippen molar-refractivity contribution >= 4 is 46.0 Å². The lowest BCUT2D eigenvalue weighted by Crippen LogP contribution is -2.50. The van der Waals surface area contributed by atoms with E-state index >= 15 is 0 Å². The van der Waals surface area contributed by atoms with Crippen LogP contribution in [0.2, 0.25) is 5.02 Å². The Hall–Kier alpha value is -4.71. The zero-order valence-electron chi connectivity index (χ0n) is 29.8. The van der Waals surface area contributed by atoms with Crippen LogP contribution in [0.3, 0.4) is 0 Å². The van der Waals surface area contributed by atoms with Gasteiger partial charge in [0.05, 0.1) is 16.6 Å². The summed E-state index contributed by atoms with van der Waals surface area (Å²) < 4.78 is 16.6. The number of hydrogen-bond donors (Lipinski definition) is 2. The van der Waals surface area contributed by atoms with Crippen LogP contribution in [0.5, 0.6) is 0 Å². The van der Waals surface area contributed by atoms with E-state index in [4.69, 9.17) is 16.7 Å². The van der Waals surface area contributed by atoms with Crippen LogP contribution in [-0.4, -0.2) is 66.8 Å². The van der Waals surface area contributed by atoms with Gasteiger partial charge in [0.25, 0.3) is 0 Å². The Morgan fingerprint density at radius 2 is 1.81 bits per heavy atom. The van der Waals surface area contributed by atoms with Gasteiger partial charge in [0.1, 0.15) is 29.9 Å². The first-order chi connectivity index (χ1) is 24.9. The summed E-state index contributed by atoms with van der Waals surface area (Å²) in [5, 5.41) is 11.4. The van der Waals surface area contributed by atoms with Crippen molar-refractivity contribution in [2.24, 2.45) is 11.3 Å². The number of ketones is 1. The Kier molecular flexibility index (Phi) is 9.62. The summed E-state index contributed by atoms with van der Waals surface area (Å²) in [6.45, 7) is 7.15. The van der Waals surface area contributed by atoms with Crippen molar-refractivity contribution in [2.75, 3.05) is 6.54 Å². The highest BCUT2D eigenvalue weighted by Gasteiger charge is 2.72. The number of aryl methyl sites for hydroxylation is 2. The third-order valence-corrected chi connectivity index (χ3v) is 11.6. The van der Waals surface area contributed by atoms with Crippen LogP contribution in [0.15, 0.2) is 42.7 Å². The Bertz CT molecular complexity index is 2080. The molecule has 4 heterocycles. The first-order valence-electron chi connectivity index (χ1n) is 18.0. The van der Waals surface area contributed by atoms with E-state index in [0.29, 0.717) is 42.5 Å². The highest BCUT2D eigenvalue weighted by molar-refractivity contribution is 6.30. The average molecular weight is 728 g/mol. The standard InChI is InChI=1S/C39H43ClFN7O4/c1-21-37-39(21)16-31(38(52)45-22(2)28-11-9-12-30(40)34(28)41)48(37)33(51)19-47-36-25(10-7-5-6-8-13-32(50)44-20-39)14-26(27-17-42-24(4)43-18-27)15-29(36)35(46-47)23(3)49/h9,11-12,14-15,17-18,21-22,31,37H,5-8,10,13,16,19-20H2,1-4H3,(H,44,50)(H,45,52)/t21-,22-,31-,37?,39+/m0/s1. The van der Waals surface area contributed by atoms with Crippen molar-refractivity contribution in [2.45, 2.75) is 97.3 Å². The van der Waals surface area contributed by atoms with E-state index in [-0.39, 0.29) is 52.4 Å². The number of piperidine rings is 1. The Morgan fingerprint density at radius 1 is 1.08 bits per heavy atom. The molecule has 1 unspecified atom stereocenters. The lowest BCUT2D eigenvalue weighted by atomic mass is 9.95. The molecule has 7 rings (SSSR count). The molecule has 0 spiro atoms. The number of amides is 3. The van der Waals surface area contributed by atoms with Gasteiger partial charge in [-0.1, -0.05) is 43.5 Å². The topological polar surface area (TPSA) is 139 Å². The molecule has 0 radical (unpaired) electrons. The van der Waals surface area contributed by atoms with Gasteiger partial charge in [-0.15, -0.1) is 0 Å². The molecule has 5 atom stereocenters. The quantitative estimate of drug-likeness (QED) is 0.244. The number of carbonyl (C=O) groups is 4. The molecule has 2 fully saturated rings. The summed E-state index contributed by atoms with van der Waals surface area (Å²) in [5.41, 5.74) is 3.30. The minimum absolute atomic E-state index is 0.0273. The van der Waals surface area contributed by atoms with Crippen LogP contribution in [0, 0.1) is 24.1 Å². The molecule has 4 aromatic rings. The van der Waals surface area contributed by atoms with Crippen LogP contribution in [0.1, 0.15) is 92.8 Å². The minimum Gasteiger partial charge on any atom is -0.355 e. The fourth-order valence-corrected chi connectivity index (χ4v) is 8.65. The van der Waals surface area contributed by atoms with Crippen LogP contribution >= 0.6 is 11.6 Å². The molecule has 2 aliphatic heterocycles. The van der Waals surface area contributed by atoms with Crippen molar-refractivity contribution in [3.05, 3.63) is 76.2 Å². The fourth-order valence-electron chi connectivity index (χ4n) is 8.47. The molecule has 3 amide bonds. The van der Waals surface area contributed by atoms with Gasteiger partial charge in [0, 0.05) is 60.3 Å². The molecule has 2 bridgehead atoms. The molecule has 1 saturated heterocycles. The van der Waals surface area contributed by atoms with Gasteiger partial charge in [-0.05, 0) is 74.8 Å². The molecular weight excluding hydrogens is 685 g/mol. The van der Waals surface area contributed by atoms with E-state index in [1.54, 1.807) is 41.0 Å². The average Bonchev–Trinajstić information content (AvgIpc) is 3.37. The molecule has 2 aromatic heterocycles. The van der Waals surface area contributed by atoms with Crippen LogP contribution in [-0.2, 0) is 27.3 Å². The van der Waals surface area contributed by atoms with E-state index in [1.807, 2.05) is 19.9 Å². The van der Waals surface area contributed by atoms with Gasteiger partial charge < -0.3 is 15.5 Å². The summed E-state index contributed by atoms with van der Waals surface area (Å²) in [5.74, 6) is -0.949. The van der Waals surface area contributed by atoms with E-state index < -0.39 is 29.2 Å². The third kappa shape index (κ3) is 6.46. The summed E-state index contributed by atoms with van der Waals surface area (Å²) in [7, 11) is 0. The second-order valence-electron chi connectivity index (χ2n) is 14.7. The predicted octanol–water partition coefficient (Wildman–Crippen LogP) is 5.90. The number of rotatable bonds is 5. The molecule has 2 N–H and O–H groups in total. The SMILES string of the molecule is CC(=O)c1nn2c3c(cc(-c4cnc(C)nc4)cc13)CCCCCCC(=O)NC[C@@]13C[C@@H](C(=O)N[C@@H](C)c4cccc(Cl)c4F)N(C(=O)C2)C1[C@@H]3C. The molecule has 1 saturated carbocycles. The van der Waals surface area contributed by atoms with Crippen LogP contribution in [0.4, 0.5) is 4.39 Å². The maximum atomic E-state index is 14.9. The van der Waals surface area contributed by atoms with Gasteiger partial charge in [-0.2, -0.15) is 5.10 Å². The number of hydrogen-bond acceptors (Lipinski definition) is 7. The first kappa shape index (κ1) is 35.7. The van der Waals surface area contributed by atoms with Crippen molar-refractivity contribution in [3.8, 4) is 11.1 Å². The Morgan fingerprint density at radius 3 is 2.54 bits per heavy atom. The smallest absolute Gasteiger partial charge is 0.245 e. The van der Waals surface area contributed by atoms with E-state index in [1.165, 1.54) is 13.0 Å². The third-order valence-electron chi connectivity index (χ3n) is 11.3. The maximum Gasteiger partial charge on any atom is 0.245 e. The van der Waals surface area contributed by atoms with Gasteiger partial charge in [-0.3, -0.25) is 23.9 Å². The second-order valence-corrected chi connectivity index (χ2v) is 15.1. The van der Waals surface area contributed by atoms with E-state index in [2.05, 4.69) is 26.7 Å². The summed E-state index contributed by atoms with van der Waals surface area (Å²) in [6.07, 6.45) is 8.27. The number of nitrogens with one attached hydrogen (secondary N) is 2. The number of halogens is 2. The number of Topliss-reactive ketones (excluding diaryl/α,β-unsaturated/α-hetero) is 1. The molecule has 13 heteroatoms. The number of benzene rings is 2. The molecule has 52 heavy (non-hydrogen) atoms. The molecule has 1 aliphatic carbocycles. The van der Waals surface area contributed by atoms with Crippen molar-refractivity contribution < 1.29 is 23.6 Å². The zero-order chi connectivity index (χ0) is 36.9. The minimum atomic E-state index is -0.865. The Balaban J connectivity index is 1.28. The largest absolute Gasteiger partial charge is 0.355 e. The highest BCUT2D eigenvalue weighted by Crippen LogP contribution is 2.64. The fraction of sp³-hybridized carbons (Fsp3) is 0.462. The van der Waals surface area contributed by atoms with Gasteiger partial charge in [0.15, 0.2) is 5.78 Å². The second kappa shape index (κ2) is 14.0. The van der Waals surface area contributed by atoms with E-state index in [9.17, 15) is 23.6 Å². The van der Waals surface area contributed by atoms with Crippen molar-refractivity contribution in [1.29, 1.82) is 0 Å². The van der Waals surface area contributed by atoms with Crippen molar-refractivity contribution in [3.63, 3.8) is 0 Å². The van der Waals surface area contributed by atoms with Gasteiger partial charge >= 0.3 is 0 Å². The summed E-state index contributed by atoms with van der Waals surface area (Å²) in [4.78, 5) is 65.1. The van der Waals surface area contributed by atoms with Gasteiger partial charge in [-0.25, -0.2) is 14.4 Å². The Labute approximate surface area is 306 Å². The molecule has 2 aromatic carbocycles. The number of aromatic nitrogens is 4. The molecular formula is C39H43ClFN7O4.